The molecule has 0 heterocycles. The molecule has 0 aliphatic heterocycles. The maximum absolute atomic E-state index is 13.0. The van der Waals surface area contributed by atoms with Crippen LogP contribution in [0.5, 0.6) is 0 Å². The minimum Gasteiger partial charge on any atom is -0.208 e. The summed E-state index contributed by atoms with van der Waals surface area (Å²) in [6.07, 6.45) is -4.18. The number of sulfonamides is 1. The number of nitrogens with one attached hydrogen (secondary N) is 1. The van der Waals surface area contributed by atoms with E-state index in [0.29, 0.717) is 0 Å². The standard InChI is InChI=1S/C13H15F4NO2S/c14-10-2-1-3-12(8-10)21(19,20)18-11-6-4-9(5-7-11)13(15,16)17/h1-3,8-9,11,18H,4-7H2. The van der Waals surface area contributed by atoms with Gasteiger partial charge in [0, 0.05) is 6.04 Å². The van der Waals surface area contributed by atoms with Gasteiger partial charge in [-0.2, -0.15) is 13.2 Å². The highest BCUT2D eigenvalue weighted by atomic mass is 32.2. The van der Waals surface area contributed by atoms with Crippen LogP contribution in [0.2, 0.25) is 0 Å². The minimum absolute atomic E-state index is 0.0974. The lowest BCUT2D eigenvalue weighted by Crippen LogP contribution is -2.40. The van der Waals surface area contributed by atoms with Crippen LogP contribution in [0.4, 0.5) is 17.6 Å². The van der Waals surface area contributed by atoms with Gasteiger partial charge in [0.1, 0.15) is 5.82 Å². The van der Waals surface area contributed by atoms with Crippen LogP contribution >= 0.6 is 0 Å². The smallest absolute Gasteiger partial charge is 0.208 e. The lowest BCUT2D eigenvalue weighted by molar-refractivity contribution is -0.182. The second-order valence-corrected chi connectivity index (χ2v) is 6.88. The van der Waals surface area contributed by atoms with Crippen molar-refractivity contribution in [2.75, 3.05) is 0 Å². The Labute approximate surface area is 120 Å². The fourth-order valence-electron chi connectivity index (χ4n) is 2.46. The minimum atomic E-state index is -4.23. The number of halogens is 4. The normalized spacial score (nSPS) is 24.0. The maximum Gasteiger partial charge on any atom is 0.391 e. The Balaban J connectivity index is 2.00. The van der Waals surface area contributed by atoms with Crippen molar-refractivity contribution in [1.29, 1.82) is 0 Å². The summed E-state index contributed by atoms with van der Waals surface area (Å²) in [5, 5.41) is 0. The zero-order chi connectivity index (χ0) is 15.7. The zero-order valence-electron chi connectivity index (χ0n) is 11.0. The van der Waals surface area contributed by atoms with Crippen molar-refractivity contribution in [3.05, 3.63) is 30.1 Å². The molecule has 3 nitrogen and oxygen atoms in total. The fraction of sp³-hybridized carbons (Fsp3) is 0.538. The molecule has 0 aromatic heterocycles. The molecule has 1 saturated carbocycles. The van der Waals surface area contributed by atoms with Crippen LogP contribution in [0.3, 0.4) is 0 Å². The van der Waals surface area contributed by atoms with Gasteiger partial charge >= 0.3 is 6.18 Å². The van der Waals surface area contributed by atoms with Gasteiger partial charge in [-0.15, -0.1) is 0 Å². The third-order valence-electron chi connectivity index (χ3n) is 3.62. The van der Waals surface area contributed by atoms with Crippen LogP contribution in [0.15, 0.2) is 29.2 Å². The Hall–Kier alpha value is -1.15. The van der Waals surface area contributed by atoms with E-state index in [2.05, 4.69) is 4.72 Å². The van der Waals surface area contributed by atoms with E-state index in [-0.39, 0.29) is 30.6 Å². The summed E-state index contributed by atoms with van der Waals surface area (Å²) in [5.41, 5.74) is 0. The second kappa shape index (κ2) is 5.92. The van der Waals surface area contributed by atoms with Gasteiger partial charge in [0.15, 0.2) is 0 Å². The Morgan fingerprint density at radius 1 is 1.10 bits per heavy atom. The summed E-state index contributed by atoms with van der Waals surface area (Å²) in [4.78, 5) is -0.222. The first-order chi connectivity index (χ1) is 9.68. The van der Waals surface area contributed by atoms with E-state index in [1.165, 1.54) is 12.1 Å². The number of hydrogen-bond donors (Lipinski definition) is 1. The van der Waals surface area contributed by atoms with E-state index >= 15 is 0 Å². The van der Waals surface area contributed by atoms with Gasteiger partial charge in [-0.1, -0.05) is 6.07 Å². The topological polar surface area (TPSA) is 46.2 Å². The molecule has 0 spiro atoms. The summed E-state index contributed by atoms with van der Waals surface area (Å²) < 4.78 is 77.1. The third-order valence-corrected chi connectivity index (χ3v) is 5.14. The predicted octanol–water partition coefficient (Wildman–Crippen LogP) is 3.23. The Kier molecular flexibility index (Phi) is 4.57. The van der Waals surface area contributed by atoms with Crippen LogP contribution in [-0.2, 0) is 10.0 Å². The molecule has 118 valence electrons. The number of hydrogen-bond acceptors (Lipinski definition) is 2. The van der Waals surface area contributed by atoms with Gasteiger partial charge in [0.25, 0.3) is 0 Å². The molecule has 0 radical (unpaired) electrons. The molecule has 0 amide bonds. The van der Waals surface area contributed by atoms with Crippen LogP contribution in [0, 0.1) is 11.7 Å². The Morgan fingerprint density at radius 2 is 1.71 bits per heavy atom. The van der Waals surface area contributed by atoms with E-state index in [1.807, 2.05) is 0 Å². The third kappa shape index (κ3) is 4.16. The van der Waals surface area contributed by atoms with Crippen molar-refractivity contribution in [1.82, 2.24) is 4.72 Å². The first-order valence-electron chi connectivity index (χ1n) is 6.53. The van der Waals surface area contributed by atoms with E-state index in [4.69, 9.17) is 0 Å². The van der Waals surface area contributed by atoms with E-state index < -0.39 is 34.0 Å². The van der Waals surface area contributed by atoms with E-state index in [9.17, 15) is 26.0 Å². The van der Waals surface area contributed by atoms with Crippen molar-refractivity contribution in [3.8, 4) is 0 Å². The molecule has 0 unspecified atom stereocenters. The summed E-state index contributed by atoms with van der Waals surface area (Å²) >= 11 is 0. The molecule has 8 heteroatoms. The molecular weight excluding hydrogens is 310 g/mol. The highest BCUT2D eigenvalue weighted by molar-refractivity contribution is 7.89. The average Bonchev–Trinajstić information content (AvgIpc) is 2.38. The molecule has 1 aromatic rings. The summed E-state index contributed by atoms with van der Waals surface area (Å²) in [7, 11) is -3.91. The van der Waals surface area contributed by atoms with Gasteiger partial charge < -0.3 is 0 Å². The molecule has 1 N–H and O–H groups in total. The lowest BCUT2D eigenvalue weighted by atomic mass is 9.86. The molecule has 2 rings (SSSR count). The van der Waals surface area contributed by atoms with Gasteiger partial charge in [-0.3, -0.25) is 0 Å². The summed E-state index contributed by atoms with van der Waals surface area (Å²) in [6.45, 7) is 0. The summed E-state index contributed by atoms with van der Waals surface area (Å²) in [6, 6.07) is 3.96. The highest BCUT2D eigenvalue weighted by Gasteiger charge is 2.41. The van der Waals surface area contributed by atoms with Crippen molar-refractivity contribution < 1.29 is 26.0 Å². The van der Waals surface area contributed by atoms with Crippen LogP contribution in [0.1, 0.15) is 25.7 Å². The first kappa shape index (κ1) is 16.2. The molecule has 1 fully saturated rings. The summed E-state index contributed by atoms with van der Waals surface area (Å²) in [5.74, 6) is -2.05. The molecular formula is C13H15F4NO2S. The number of alkyl halides is 3. The molecule has 0 bridgehead atoms. The van der Waals surface area contributed by atoms with Crippen LogP contribution in [-0.4, -0.2) is 20.6 Å². The Bertz CT molecular complexity index is 592. The molecule has 1 aromatic carbocycles. The predicted molar refractivity (Wildman–Crippen MR) is 68.5 cm³/mol. The zero-order valence-corrected chi connectivity index (χ0v) is 11.8. The van der Waals surface area contributed by atoms with E-state index in [0.717, 1.165) is 12.1 Å². The molecule has 0 atom stereocenters. The molecule has 21 heavy (non-hydrogen) atoms. The molecule has 1 aliphatic carbocycles. The SMILES string of the molecule is O=S(=O)(NC1CCC(C(F)(F)F)CC1)c1cccc(F)c1. The van der Waals surface area contributed by atoms with E-state index in [1.54, 1.807) is 0 Å². The monoisotopic (exact) mass is 325 g/mol. The van der Waals surface area contributed by atoms with Gasteiger partial charge in [-0.25, -0.2) is 17.5 Å². The van der Waals surface area contributed by atoms with Gasteiger partial charge in [0.2, 0.25) is 10.0 Å². The first-order valence-corrected chi connectivity index (χ1v) is 8.01. The van der Waals surface area contributed by atoms with Crippen molar-refractivity contribution >= 4 is 10.0 Å². The van der Waals surface area contributed by atoms with Gasteiger partial charge in [0.05, 0.1) is 10.8 Å². The average molecular weight is 325 g/mol. The van der Waals surface area contributed by atoms with Gasteiger partial charge in [-0.05, 0) is 43.9 Å². The number of benzene rings is 1. The van der Waals surface area contributed by atoms with Crippen molar-refractivity contribution in [3.63, 3.8) is 0 Å². The Morgan fingerprint density at radius 3 is 2.24 bits per heavy atom. The fourth-order valence-corrected chi connectivity index (χ4v) is 3.80. The quantitative estimate of drug-likeness (QED) is 0.867. The highest BCUT2D eigenvalue weighted by Crippen LogP contribution is 2.37. The second-order valence-electron chi connectivity index (χ2n) is 5.17. The number of rotatable bonds is 3. The van der Waals surface area contributed by atoms with Crippen LogP contribution in [0.25, 0.3) is 0 Å². The molecule has 1 aliphatic rings. The lowest BCUT2D eigenvalue weighted by Gasteiger charge is -2.30. The molecule has 0 saturated heterocycles. The maximum atomic E-state index is 13.0. The van der Waals surface area contributed by atoms with Crippen molar-refractivity contribution in [2.24, 2.45) is 5.92 Å². The van der Waals surface area contributed by atoms with Crippen LogP contribution < -0.4 is 4.72 Å². The largest absolute Gasteiger partial charge is 0.391 e. The van der Waals surface area contributed by atoms with Crippen molar-refractivity contribution in [2.45, 2.75) is 42.8 Å².